The molecule has 2 unspecified atom stereocenters. The van der Waals surface area contributed by atoms with Crippen molar-refractivity contribution in [3.63, 3.8) is 0 Å². The van der Waals surface area contributed by atoms with Gasteiger partial charge in [-0.15, -0.1) is 0 Å². The number of rotatable bonds is 5. The fraction of sp³-hybridized carbons (Fsp3) is 0.611. The highest BCUT2D eigenvalue weighted by molar-refractivity contribution is 5.81. The molecule has 0 saturated carbocycles. The number of aliphatic hydroxyl groups is 1. The Balaban J connectivity index is 1.93. The minimum atomic E-state index is -0.652. The molecule has 122 valence electrons. The number of benzene rings is 1. The molecule has 1 aliphatic rings. The number of hydrogen-bond donors (Lipinski definition) is 2. The van der Waals surface area contributed by atoms with Crippen molar-refractivity contribution in [3.8, 4) is 0 Å². The van der Waals surface area contributed by atoms with Gasteiger partial charge in [-0.25, -0.2) is 0 Å². The van der Waals surface area contributed by atoms with Gasteiger partial charge in [0.25, 0.3) is 0 Å². The van der Waals surface area contributed by atoms with Gasteiger partial charge in [-0.2, -0.15) is 0 Å². The topological polar surface area (TPSA) is 52.6 Å². The van der Waals surface area contributed by atoms with Crippen LogP contribution in [-0.4, -0.2) is 41.1 Å². The lowest BCUT2D eigenvalue weighted by atomic mass is 9.99. The summed E-state index contributed by atoms with van der Waals surface area (Å²) in [5, 5.41) is 13.2. The van der Waals surface area contributed by atoms with Gasteiger partial charge in [0.1, 0.15) is 0 Å². The van der Waals surface area contributed by atoms with E-state index in [1.807, 2.05) is 31.2 Å². The Morgan fingerprint density at radius 3 is 2.77 bits per heavy atom. The normalized spacial score (nSPS) is 20.9. The molecule has 2 rings (SSSR count). The number of amides is 1. The van der Waals surface area contributed by atoms with Crippen LogP contribution in [0, 0.1) is 6.92 Å². The number of aliphatic hydroxyl groups excluding tert-OH is 1. The van der Waals surface area contributed by atoms with E-state index in [1.54, 1.807) is 0 Å². The first-order valence-corrected chi connectivity index (χ1v) is 8.27. The first-order chi connectivity index (χ1) is 10.5. The van der Waals surface area contributed by atoms with Gasteiger partial charge in [0.2, 0.25) is 5.91 Å². The number of carbonyl (C=O) groups is 1. The molecule has 0 aromatic heterocycles. The van der Waals surface area contributed by atoms with Gasteiger partial charge in [-0.05, 0) is 51.3 Å². The summed E-state index contributed by atoms with van der Waals surface area (Å²) in [4.78, 5) is 14.7. The van der Waals surface area contributed by atoms with Gasteiger partial charge in [0.15, 0.2) is 0 Å². The van der Waals surface area contributed by atoms with E-state index < -0.39 is 6.10 Å². The van der Waals surface area contributed by atoms with E-state index in [4.69, 9.17) is 0 Å². The van der Waals surface area contributed by atoms with Crippen LogP contribution in [0.3, 0.4) is 0 Å². The molecule has 1 saturated heterocycles. The monoisotopic (exact) mass is 304 g/mol. The van der Waals surface area contributed by atoms with Crippen LogP contribution in [0.2, 0.25) is 0 Å². The van der Waals surface area contributed by atoms with Crippen LogP contribution in [0.25, 0.3) is 0 Å². The fourth-order valence-corrected chi connectivity index (χ4v) is 3.24. The lowest BCUT2D eigenvalue weighted by molar-refractivity contribution is -0.129. The van der Waals surface area contributed by atoms with Crippen molar-refractivity contribution >= 4 is 5.91 Å². The zero-order valence-corrected chi connectivity index (χ0v) is 13.9. The molecule has 0 bridgehead atoms. The lowest BCUT2D eigenvalue weighted by Gasteiger charge is -2.37. The molecule has 4 heteroatoms. The summed E-state index contributed by atoms with van der Waals surface area (Å²) in [5.74, 6) is 0.0426. The molecule has 22 heavy (non-hydrogen) atoms. The first kappa shape index (κ1) is 17.0. The molecule has 1 fully saturated rings. The number of hydrogen-bond acceptors (Lipinski definition) is 3. The first-order valence-electron chi connectivity index (χ1n) is 8.27. The second-order valence-electron chi connectivity index (χ2n) is 6.46. The number of piperidine rings is 1. The molecule has 0 spiro atoms. The molecule has 1 aliphatic heterocycles. The Morgan fingerprint density at radius 1 is 1.36 bits per heavy atom. The van der Waals surface area contributed by atoms with Crippen LogP contribution in [0.15, 0.2) is 24.3 Å². The van der Waals surface area contributed by atoms with Crippen molar-refractivity contribution in [2.45, 2.75) is 58.2 Å². The van der Waals surface area contributed by atoms with Crippen molar-refractivity contribution in [1.29, 1.82) is 0 Å². The van der Waals surface area contributed by atoms with Gasteiger partial charge in [0, 0.05) is 12.6 Å². The Morgan fingerprint density at radius 2 is 2.09 bits per heavy atom. The third kappa shape index (κ3) is 4.08. The van der Waals surface area contributed by atoms with Crippen molar-refractivity contribution in [2.24, 2.45) is 0 Å². The molecular weight excluding hydrogens is 276 g/mol. The van der Waals surface area contributed by atoms with E-state index in [9.17, 15) is 9.90 Å². The third-order valence-electron chi connectivity index (χ3n) is 4.53. The van der Waals surface area contributed by atoms with Crippen molar-refractivity contribution in [1.82, 2.24) is 10.2 Å². The number of nitrogens with zero attached hydrogens (tertiary/aromatic N) is 1. The maximum absolute atomic E-state index is 12.5. The molecule has 1 heterocycles. The summed E-state index contributed by atoms with van der Waals surface area (Å²) in [6, 6.07) is 8.06. The maximum atomic E-state index is 12.5. The van der Waals surface area contributed by atoms with Crippen LogP contribution < -0.4 is 5.32 Å². The fourth-order valence-electron chi connectivity index (χ4n) is 3.24. The third-order valence-corrected chi connectivity index (χ3v) is 4.53. The van der Waals surface area contributed by atoms with Gasteiger partial charge in [-0.1, -0.05) is 30.7 Å². The van der Waals surface area contributed by atoms with Gasteiger partial charge < -0.3 is 10.4 Å². The van der Waals surface area contributed by atoms with E-state index in [0.717, 1.165) is 36.9 Å². The predicted molar refractivity (Wildman–Crippen MR) is 88.6 cm³/mol. The molecule has 1 aromatic rings. The molecule has 1 amide bonds. The molecule has 4 nitrogen and oxygen atoms in total. The van der Waals surface area contributed by atoms with E-state index in [1.165, 1.54) is 0 Å². The quantitative estimate of drug-likeness (QED) is 0.878. The Labute approximate surface area is 133 Å². The molecule has 2 N–H and O–H groups in total. The van der Waals surface area contributed by atoms with Crippen molar-refractivity contribution in [3.05, 3.63) is 35.4 Å². The number of likely N-dealkylation sites (tertiary alicyclic amines) is 1. The highest BCUT2D eigenvalue weighted by Gasteiger charge is 2.30. The van der Waals surface area contributed by atoms with Crippen LogP contribution >= 0.6 is 0 Å². The van der Waals surface area contributed by atoms with E-state index >= 15 is 0 Å². The Kier molecular flexibility index (Phi) is 5.98. The zero-order chi connectivity index (χ0) is 16.1. The van der Waals surface area contributed by atoms with E-state index in [-0.39, 0.29) is 18.5 Å². The summed E-state index contributed by atoms with van der Waals surface area (Å²) >= 11 is 0. The Hall–Kier alpha value is -1.39. The van der Waals surface area contributed by atoms with Crippen molar-refractivity contribution in [2.75, 3.05) is 13.1 Å². The molecule has 0 aliphatic carbocycles. The molecule has 0 radical (unpaired) electrons. The van der Waals surface area contributed by atoms with E-state index in [0.29, 0.717) is 6.04 Å². The van der Waals surface area contributed by atoms with Gasteiger partial charge in [0.05, 0.1) is 12.1 Å². The van der Waals surface area contributed by atoms with Crippen LogP contribution in [0.1, 0.15) is 50.3 Å². The second kappa shape index (κ2) is 7.75. The standard InChI is InChI=1S/C18H28N2O2/c1-13(2)20-11-7-6-10-16(20)18(22)19-12-17(21)15-9-5-4-8-14(15)3/h4-5,8-9,13,16-17,21H,6-7,10-12H2,1-3H3,(H,19,22). The minimum Gasteiger partial charge on any atom is -0.387 e. The molecule has 1 aromatic carbocycles. The number of nitrogens with one attached hydrogen (secondary N) is 1. The predicted octanol–water partition coefficient (Wildman–Crippen LogP) is 2.41. The average molecular weight is 304 g/mol. The molecular formula is C18H28N2O2. The van der Waals surface area contributed by atoms with Crippen LogP contribution in [0.5, 0.6) is 0 Å². The van der Waals surface area contributed by atoms with Gasteiger partial charge in [-0.3, -0.25) is 9.69 Å². The van der Waals surface area contributed by atoms with Crippen LogP contribution in [-0.2, 0) is 4.79 Å². The summed E-state index contributed by atoms with van der Waals surface area (Å²) in [5.41, 5.74) is 1.93. The number of carbonyl (C=O) groups excluding carboxylic acids is 1. The summed E-state index contributed by atoms with van der Waals surface area (Å²) in [7, 11) is 0. The maximum Gasteiger partial charge on any atom is 0.237 e. The summed E-state index contributed by atoms with van der Waals surface area (Å²) < 4.78 is 0. The van der Waals surface area contributed by atoms with E-state index in [2.05, 4.69) is 24.1 Å². The second-order valence-corrected chi connectivity index (χ2v) is 6.46. The Bertz CT molecular complexity index is 502. The summed E-state index contributed by atoms with van der Waals surface area (Å²) in [6.07, 6.45) is 2.51. The van der Waals surface area contributed by atoms with Crippen LogP contribution in [0.4, 0.5) is 0 Å². The zero-order valence-electron chi connectivity index (χ0n) is 13.9. The lowest BCUT2D eigenvalue weighted by Crippen LogP contribution is -2.52. The number of aryl methyl sites for hydroxylation is 1. The smallest absolute Gasteiger partial charge is 0.237 e. The largest absolute Gasteiger partial charge is 0.387 e. The van der Waals surface area contributed by atoms with Gasteiger partial charge >= 0.3 is 0 Å². The summed E-state index contributed by atoms with van der Waals surface area (Å²) in [6.45, 7) is 7.49. The SMILES string of the molecule is Cc1ccccc1C(O)CNC(=O)C1CCCCN1C(C)C. The van der Waals surface area contributed by atoms with Crippen molar-refractivity contribution < 1.29 is 9.90 Å². The highest BCUT2D eigenvalue weighted by Crippen LogP contribution is 2.20. The highest BCUT2D eigenvalue weighted by atomic mass is 16.3. The minimum absolute atomic E-state index is 0.0426. The molecule has 2 atom stereocenters. The average Bonchev–Trinajstić information content (AvgIpc) is 2.52.